The van der Waals surface area contributed by atoms with E-state index in [1.165, 1.54) is 43.3 Å². The van der Waals surface area contributed by atoms with E-state index in [1.54, 1.807) is 11.1 Å². The number of allylic oxidation sites excluding steroid dienone is 6. The minimum Gasteiger partial charge on any atom is -0.429 e. The van der Waals surface area contributed by atoms with Crippen molar-refractivity contribution in [3.8, 4) is 0 Å². The second kappa shape index (κ2) is 11.7. The highest BCUT2D eigenvalue weighted by Gasteiger charge is 2.27. The molecule has 0 radical (unpaired) electrons. The molecule has 0 aromatic heterocycles. The Bertz CT molecular complexity index is 718. The van der Waals surface area contributed by atoms with Gasteiger partial charge in [-0.25, -0.2) is 4.79 Å². The van der Waals surface area contributed by atoms with Crippen molar-refractivity contribution in [3.63, 3.8) is 0 Å². The summed E-state index contributed by atoms with van der Waals surface area (Å²) in [5.41, 5.74) is 7.34. The molecule has 0 fully saturated rings. The average molecular weight is 415 g/mol. The molecule has 168 valence electrons. The molecule has 0 saturated heterocycles. The van der Waals surface area contributed by atoms with Crippen LogP contribution in [0.3, 0.4) is 0 Å². The Balaban J connectivity index is 1.72. The molecular weight excluding hydrogens is 372 g/mol. The summed E-state index contributed by atoms with van der Waals surface area (Å²) in [5.74, 6) is -0.232. The Morgan fingerprint density at radius 1 is 1.17 bits per heavy atom. The Morgan fingerprint density at radius 2 is 1.87 bits per heavy atom. The van der Waals surface area contributed by atoms with E-state index < -0.39 is 6.29 Å². The second-order valence-corrected chi connectivity index (χ2v) is 9.60. The van der Waals surface area contributed by atoms with Gasteiger partial charge in [0.25, 0.3) is 0 Å². The summed E-state index contributed by atoms with van der Waals surface area (Å²) in [6, 6.07) is 0. The lowest BCUT2D eigenvalue weighted by Gasteiger charge is -2.35. The average Bonchev–Trinajstić information content (AvgIpc) is 3.00. The Morgan fingerprint density at radius 3 is 2.57 bits per heavy atom. The first-order valence-electron chi connectivity index (χ1n) is 11.8. The van der Waals surface area contributed by atoms with Crippen LogP contribution in [0.4, 0.5) is 0 Å². The molecule has 2 aliphatic rings. The molecule has 1 aliphatic heterocycles. The van der Waals surface area contributed by atoms with Gasteiger partial charge in [-0.05, 0) is 97.0 Å². The van der Waals surface area contributed by atoms with E-state index in [0.717, 1.165) is 31.3 Å². The van der Waals surface area contributed by atoms with Crippen LogP contribution >= 0.6 is 0 Å². The van der Waals surface area contributed by atoms with Crippen molar-refractivity contribution in [3.05, 3.63) is 46.1 Å². The molecule has 0 N–H and O–H groups in total. The van der Waals surface area contributed by atoms with Gasteiger partial charge >= 0.3 is 5.97 Å². The molecule has 3 nitrogen and oxygen atoms in total. The third kappa shape index (κ3) is 7.58. The summed E-state index contributed by atoms with van der Waals surface area (Å²) in [6.07, 6.45) is 16.1. The summed E-state index contributed by atoms with van der Waals surface area (Å²) in [4.78, 5) is 11.8. The number of carbonyl (C=O) groups excluding carboxylic acids is 1. The number of rotatable bonds is 11. The van der Waals surface area contributed by atoms with E-state index in [2.05, 4.69) is 46.8 Å². The van der Waals surface area contributed by atoms with Crippen molar-refractivity contribution in [2.75, 3.05) is 6.61 Å². The Kier molecular flexibility index (Phi) is 9.61. The summed E-state index contributed by atoms with van der Waals surface area (Å²) < 4.78 is 10.5. The summed E-state index contributed by atoms with van der Waals surface area (Å²) in [7, 11) is 0. The van der Waals surface area contributed by atoms with Gasteiger partial charge in [-0.2, -0.15) is 0 Å². The van der Waals surface area contributed by atoms with Crippen molar-refractivity contribution in [2.45, 2.75) is 106 Å². The molecule has 30 heavy (non-hydrogen) atoms. The van der Waals surface area contributed by atoms with E-state index in [-0.39, 0.29) is 5.97 Å². The normalized spacial score (nSPS) is 22.4. The predicted molar refractivity (Wildman–Crippen MR) is 125 cm³/mol. The number of hydrogen-bond donors (Lipinski definition) is 0. The fourth-order valence-electron chi connectivity index (χ4n) is 4.65. The van der Waals surface area contributed by atoms with Gasteiger partial charge < -0.3 is 9.47 Å². The zero-order valence-electron chi connectivity index (χ0n) is 20.1. The van der Waals surface area contributed by atoms with E-state index in [4.69, 9.17) is 9.47 Å². The van der Waals surface area contributed by atoms with Crippen molar-refractivity contribution < 1.29 is 14.3 Å². The highest BCUT2D eigenvalue weighted by atomic mass is 16.7. The first kappa shape index (κ1) is 24.7. The molecule has 0 aromatic rings. The van der Waals surface area contributed by atoms with Gasteiger partial charge in [0.15, 0.2) is 0 Å². The lowest BCUT2D eigenvalue weighted by Crippen LogP contribution is -2.20. The zero-order chi connectivity index (χ0) is 22.1. The fraction of sp³-hybridized carbons (Fsp3) is 0.667. The molecule has 1 unspecified atom stereocenters. The minimum atomic E-state index is -0.491. The van der Waals surface area contributed by atoms with E-state index in [9.17, 15) is 4.79 Å². The number of esters is 1. The van der Waals surface area contributed by atoms with Crippen LogP contribution in [0.1, 0.15) is 99.3 Å². The lowest BCUT2D eigenvalue weighted by molar-refractivity contribution is -0.158. The summed E-state index contributed by atoms with van der Waals surface area (Å²) in [5, 5.41) is 0. The SMILES string of the molecule is CCOC1C=C(CCC=C(C)CCC=C(C)CCC2=C(C)CCCC2(C)C)C(=O)O1. The van der Waals surface area contributed by atoms with Crippen molar-refractivity contribution in [1.82, 2.24) is 0 Å². The van der Waals surface area contributed by atoms with Crippen LogP contribution < -0.4 is 0 Å². The van der Waals surface area contributed by atoms with Crippen LogP contribution in [0, 0.1) is 5.41 Å². The van der Waals surface area contributed by atoms with Gasteiger partial charge in [-0.1, -0.05) is 48.3 Å². The smallest absolute Gasteiger partial charge is 0.336 e. The van der Waals surface area contributed by atoms with Gasteiger partial charge in [0.2, 0.25) is 6.29 Å². The Hall–Kier alpha value is -1.61. The molecule has 1 aliphatic carbocycles. The maximum Gasteiger partial charge on any atom is 0.336 e. The quantitative estimate of drug-likeness (QED) is 0.258. The standard InChI is InChI=1S/C27H42O3/c1-7-29-25-19-23(26(28)30-25)15-9-13-20(2)11-8-12-21(3)16-17-24-22(4)14-10-18-27(24,5)6/h12-13,19,25H,7-11,14-18H2,1-6H3. The molecule has 2 rings (SSSR count). The van der Waals surface area contributed by atoms with Gasteiger partial charge in [-0.15, -0.1) is 0 Å². The molecule has 0 amide bonds. The number of cyclic esters (lactones) is 1. The van der Waals surface area contributed by atoms with Crippen LogP contribution in [0.2, 0.25) is 0 Å². The molecule has 0 saturated carbocycles. The maximum atomic E-state index is 11.8. The molecule has 3 heteroatoms. The lowest BCUT2D eigenvalue weighted by atomic mass is 9.71. The van der Waals surface area contributed by atoms with Crippen LogP contribution in [0.25, 0.3) is 0 Å². The number of carbonyl (C=O) groups is 1. The maximum absolute atomic E-state index is 11.8. The van der Waals surface area contributed by atoms with Gasteiger partial charge in [0.05, 0.1) is 0 Å². The third-order valence-corrected chi connectivity index (χ3v) is 6.55. The zero-order valence-corrected chi connectivity index (χ0v) is 20.1. The Labute approximate surface area is 184 Å². The monoisotopic (exact) mass is 414 g/mol. The molecule has 1 heterocycles. The first-order chi connectivity index (χ1) is 14.2. The van der Waals surface area contributed by atoms with E-state index in [1.807, 2.05) is 13.0 Å². The molecule has 0 bridgehead atoms. The molecule has 1 atom stereocenters. The largest absolute Gasteiger partial charge is 0.429 e. The van der Waals surface area contributed by atoms with E-state index in [0.29, 0.717) is 12.0 Å². The summed E-state index contributed by atoms with van der Waals surface area (Å²) >= 11 is 0. The van der Waals surface area contributed by atoms with E-state index >= 15 is 0 Å². The third-order valence-electron chi connectivity index (χ3n) is 6.55. The highest BCUT2D eigenvalue weighted by molar-refractivity contribution is 5.90. The first-order valence-corrected chi connectivity index (χ1v) is 11.8. The predicted octanol–water partition coefficient (Wildman–Crippen LogP) is 7.59. The van der Waals surface area contributed by atoms with Crippen LogP contribution in [0.15, 0.2) is 46.1 Å². The summed E-state index contributed by atoms with van der Waals surface area (Å²) in [6.45, 7) is 14.1. The van der Waals surface area contributed by atoms with Crippen LogP contribution in [-0.2, 0) is 14.3 Å². The topological polar surface area (TPSA) is 35.5 Å². The van der Waals surface area contributed by atoms with Crippen molar-refractivity contribution in [1.29, 1.82) is 0 Å². The number of ether oxygens (including phenoxy) is 2. The van der Waals surface area contributed by atoms with Crippen molar-refractivity contribution in [2.24, 2.45) is 5.41 Å². The van der Waals surface area contributed by atoms with Gasteiger partial charge in [0.1, 0.15) is 0 Å². The minimum absolute atomic E-state index is 0.232. The van der Waals surface area contributed by atoms with Gasteiger partial charge in [-0.3, -0.25) is 0 Å². The van der Waals surface area contributed by atoms with Gasteiger partial charge in [0, 0.05) is 12.2 Å². The van der Waals surface area contributed by atoms with Crippen LogP contribution in [-0.4, -0.2) is 18.9 Å². The second-order valence-electron chi connectivity index (χ2n) is 9.60. The molecule has 0 spiro atoms. The highest BCUT2D eigenvalue weighted by Crippen LogP contribution is 2.42. The number of hydrogen-bond acceptors (Lipinski definition) is 3. The fourth-order valence-corrected chi connectivity index (χ4v) is 4.65. The van der Waals surface area contributed by atoms with Crippen molar-refractivity contribution >= 4 is 5.97 Å². The molecular formula is C27H42O3. The van der Waals surface area contributed by atoms with Crippen LogP contribution in [0.5, 0.6) is 0 Å². The molecule has 0 aromatic carbocycles.